The fraction of sp³-hybridized carbons (Fsp3) is 0.269. The lowest BCUT2D eigenvalue weighted by molar-refractivity contribution is -0.471. The van der Waals surface area contributed by atoms with Crippen LogP contribution in [0, 0.1) is 5.82 Å². The number of nitrogens with zero attached hydrogens (tertiary/aromatic N) is 2. The first-order chi connectivity index (χ1) is 18.8. The highest BCUT2D eigenvalue weighted by Crippen LogP contribution is 2.38. The van der Waals surface area contributed by atoms with Gasteiger partial charge in [-0.05, 0) is 43.7 Å². The van der Waals surface area contributed by atoms with Gasteiger partial charge in [0.2, 0.25) is 5.96 Å². The molecule has 218 valence electrons. The molecule has 40 heavy (non-hydrogen) atoms. The Labute approximate surface area is 231 Å². The highest BCUT2D eigenvalue weighted by Gasteiger charge is 2.19. The number of hydrogen-bond donors (Lipinski definition) is 9. The lowest BCUT2D eigenvalue weighted by atomic mass is 10.0. The first kappa shape index (κ1) is 33.2. The number of aromatic nitrogens is 1. The number of carbonyl (C=O) groups excluding carboxylic acids is 1. The lowest BCUT2D eigenvalue weighted by Crippen LogP contribution is -2.84. The third kappa shape index (κ3) is 10.5. The molecule has 0 amide bonds. The normalized spacial score (nSPS) is 12.1. The monoisotopic (exact) mass is 559 g/mol. The third-order valence-corrected chi connectivity index (χ3v) is 5.31. The van der Waals surface area contributed by atoms with Gasteiger partial charge in [-0.25, -0.2) is 4.39 Å². The summed E-state index contributed by atoms with van der Waals surface area (Å²) in [6.45, 7) is 4.11. The molecule has 0 radical (unpaired) electrons. The number of aliphatic hydroxyl groups is 2. The van der Waals surface area contributed by atoms with E-state index < -0.39 is 24.6 Å². The fourth-order valence-electron chi connectivity index (χ4n) is 3.76. The minimum Gasteiger partial charge on any atom is -0.550 e. The summed E-state index contributed by atoms with van der Waals surface area (Å²) in [5.74, 6) is 7.40. The molecule has 1 aromatic heterocycles. The summed E-state index contributed by atoms with van der Waals surface area (Å²) < 4.78 is 15.6. The molecular formula is C26H38FN9O4. The average molecular weight is 560 g/mol. The molecule has 0 aliphatic rings. The van der Waals surface area contributed by atoms with E-state index >= 15 is 0 Å². The molecule has 2 aromatic carbocycles. The van der Waals surface area contributed by atoms with Crippen molar-refractivity contribution in [3.63, 3.8) is 0 Å². The van der Waals surface area contributed by atoms with Crippen LogP contribution in [0.4, 0.5) is 4.39 Å². The van der Waals surface area contributed by atoms with Crippen molar-refractivity contribution < 1.29 is 29.6 Å². The summed E-state index contributed by atoms with van der Waals surface area (Å²) in [4.78, 5) is 10.6. The number of nitrogens with two attached hydrogens (primary N) is 6. The second-order valence-corrected chi connectivity index (χ2v) is 8.79. The van der Waals surface area contributed by atoms with E-state index in [9.17, 15) is 24.5 Å². The second kappa shape index (κ2) is 16.2. The quantitative estimate of drug-likeness (QED) is 0.0613. The molecule has 15 N–H and O–H groups in total. The topological polar surface area (TPSA) is 268 Å². The maximum Gasteiger partial charge on any atom is 0.360 e. The van der Waals surface area contributed by atoms with Crippen LogP contribution < -0.4 is 44.8 Å². The molecule has 0 unspecified atom stereocenters. The van der Waals surface area contributed by atoms with E-state index in [2.05, 4.69) is 35.2 Å². The van der Waals surface area contributed by atoms with E-state index in [1.807, 2.05) is 29.4 Å². The fourth-order valence-corrected chi connectivity index (χ4v) is 3.76. The van der Waals surface area contributed by atoms with E-state index in [1.165, 1.54) is 12.1 Å². The van der Waals surface area contributed by atoms with Gasteiger partial charge in [0.05, 0.1) is 12.2 Å². The number of hydrogen-bond acceptors (Lipinski definition) is 7. The van der Waals surface area contributed by atoms with Crippen molar-refractivity contribution in [3.8, 4) is 11.1 Å². The Kier molecular flexibility index (Phi) is 13.5. The summed E-state index contributed by atoms with van der Waals surface area (Å²) in [5, 5.41) is 36.5. The van der Waals surface area contributed by atoms with Gasteiger partial charge in [0.15, 0.2) is 0 Å². The molecule has 3 rings (SSSR count). The number of fused-ring (bicyclic) bond motifs is 1. The third-order valence-electron chi connectivity index (χ3n) is 5.31. The van der Waals surface area contributed by atoms with Crippen LogP contribution in [0.3, 0.4) is 0 Å². The van der Waals surface area contributed by atoms with E-state index in [0.717, 1.165) is 27.7 Å². The average Bonchev–Trinajstić information content (AvgIpc) is 3.22. The smallest absolute Gasteiger partial charge is 0.360 e. The Balaban J connectivity index is 0.000000686. The molecule has 0 spiro atoms. The van der Waals surface area contributed by atoms with Crippen molar-refractivity contribution in [3.05, 3.63) is 66.1 Å². The maximum absolute atomic E-state index is 13.5. The van der Waals surface area contributed by atoms with Gasteiger partial charge in [-0.1, -0.05) is 36.4 Å². The Morgan fingerprint density at radius 3 is 2.12 bits per heavy atom. The summed E-state index contributed by atoms with van der Waals surface area (Å²) >= 11 is 0. The van der Waals surface area contributed by atoms with Crippen LogP contribution in [0.25, 0.3) is 28.1 Å². The first-order valence-corrected chi connectivity index (χ1v) is 12.1. The number of guanidine groups is 2. The number of carbonyl (C=O) groups is 1. The zero-order valence-electron chi connectivity index (χ0n) is 22.4. The second-order valence-electron chi connectivity index (χ2n) is 8.79. The molecule has 14 heteroatoms. The number of carboxylic acids is 1. The Bertz CT molecular complexity index is 1300. The van der Waals surface area contributed by atoms with Crippen LogP contribution in [0.1, 0.15) is 38.4 Å². The summed E-state index contributed by atoms with van der Waals surface area (Å²) in [5.41, 5.74) is 22.5. The van der Waals surface area contributed by atoms with Crippen LogP contribution in [-0.2, 0) is 4.79 Å². The molecule has 0 aliphatic heterocycles. The van der Waals surface area contributed by atoms with Crippen molar-refractivity contribution in [2.24, 2.45) is 39.7 Å². The number of aliphatic hydroxyl groups excluding tert-OH is 2. The van der Waals surface area contributed by atoms with Crippen LogP contribution >= 0.6 is 0 Å². The molecule has 13 nitrogen and oxygen atoms in total. The lowest BCUT2D eigenvalue weighted by Gasteiger charge is -2.15. The number of hydrazone groups is 2. The van der Waals surface area contributed by atoms with E-state index in [0.29, 0.717) is 0 Å². The van der Waals surface area contributed by atoms with Gasteiger partial charge in [-0.2, -0.15) is 5.10 Å². The standard InChI is InChI=1S/C24H26FNO4.2CH6N4/c1-15(2)26-21-6-4-3-5-20(21)24(16-7-9-17(25)10-8-16)22(26)12-11-18(27)13-19(28)14-23(29)30;2*2-1(3)5-4/h3-12,15,18-19,27-28H,13-14H2,1-2H3,(H,29,30);2*4H2,(H4,2,3,5)/b12-11+;;/t18-,19-;;/m0../s1. The first-order valence-electron chi connectivity index (χ1n) is 12.1. The van der Waals surface area contributed by atoms with Gasteiger partial charge < -0.3 is 42.0 Å². The number of rotatable bonds is 8. The number of para-hydroxylation sites is 1. The van der Waals surface area contributed by atoms with Gasteiger partial charge >= 0.3 is 5.96 Å². The van der Waals surface area contributed by atoms with Crippen LogP contribution in [0.15, 0.2) is 59.7 Å². The molecule has 0 aliphatic carbocycles. The zero-order valence-corrected chi connectivity index (χ0v) is 22.4. The number of hydrazine groups is 1. The summed E-state index contributed by atoms with van der Waals surface area (Å²) in [7, 11) is 0. The number of carboxylic acid groups (broad SMARTS) is 1. The maximum atomic E-state index is 13.5. The SMILES string of the molecule is CC(C)n1c(/C=C/[C@H](O)C[C@H](O)CC(=O)[O-])c(-c2ccc(F)cc2)c2ccccc21.NN=C(N)N.N[NH+]=C(N)N. The van der Waals surface area contributed by atoms with Gasteiger partial charge in [0, 0.05) is 47.0 Å². The van der Waals surface area contributed by atoms with Gasteiger partial charge in [-0.15, -0.1) is 5.10 Å². The molecule has 0 saturated carbocycles. The van der Waals surface area contributed by atoms with Crippen molar-refractivity contribution in [2.75, 3.05) is 0 Å². The van der Waals surface area contributed by atoms with Crippen molar-refractivity contribution >= 4 is 34.9 Å². The van der Waals surface area contributed by atoms with Gasteiger partial charge in [0.25, 0.3) is 0 Å². The number of benzene rings is 2. The minimum absolute atomic E-state index is 0.0324. The Morgan fingerprint density at radius 1 is 1.10 bits per heavy atom. The Hall–Kier alpha value is -4.82. The van der Waals surface area contributed by atoms with Gasteiger partial charge in [0.1, 0.15) is 5.82 Å². The van der Waals surface area contributed by atoms with Crippen LogP contribution in [-0.4, -0.2) is 44.9 Å². The number of halogens is 1. The minimum atomic E-state index is -1.36. The molecule has 0 bridgehead atoms. The highest BCUT2D eigenvalue weighted by molar-refractivity contribution is 6.01. The molecule has 0 fully saturated rings. The molecule has 0 saturated heterocycles. The largest absolute Gasteiger partial charge is 0.550 e. The van der Waals surface area contributed by atoms with Crippen LogP contribution in [0.2, 0.25) is 0 Å². The predicted octanol–water partition coefficient (Wildman–Crippen LogP) is -2.36. The van der Waals surface area contributed by atoms with Crippen molar-refractivity contribution in [1.29, 1.82) is 0 Å². The number of aliphatic carboxylic acids is 1. The van der Waals surface area contributed by atoms with Gasteiger partial charge in [-0.3, -0.25) is 17.3 Å². The number of nitrogens with one attached hydrogen (secondary N) is 1. The highest BCUT2D eigenvalue weighted by atomic mass is 19.1. The molecular weight excluding hydrogens is 521 g/mol. The van der Waals surface area contributed by atoms with Crippen molar-refractivity contribution in [2.45, 2.75) is 44.9 Å². The van der Waals surface area contributed by atoms with Crippen molar-refractivity contribution in [1.82, 2.24) is 4.57 Å². The molecule has 2 atom stereocenters. The Morgan fingerprint density at radius 2 is 1.65 bits per heavy atom. The molecule has 1 heterocycles. The predicted molar refractivity (Wildman–Crippen MR) is 152 cm³/mol. The van der Waals surface area contributed by atoms with E-state index in [1.54, 1.807) is 24.3 Å². The summed E-state index contributed by atoms with van der Waals surface area (Å²) in [6.07, 6.45) is 0.450. The van der Waals surface area contributed by atoms with E-state index in [-0.39, 0.29) is 30.2 Å². The zero-order chi connectivity index (χ0) is 30.4. The van der Waals surface area contributed by atoms with E-state index in [4.69, 9.17) is 22.9 Å². The molecule has 3 aromatic rings. The summed E-state index contributed by atoms with van der Waals surface area (Å²) in [6, 6.07) is 14.3. The van der Waals surface area contributed by atoms with Crippen LogP contribution in [0.5, 0.6) is 0 Å².